The number of rotatable bonds is 8. The van der Waals surface area contributed by atoms with Crippen molar-refractivity contribution in [2.24, 2.45) is 11.8 Å². The van der Waals surface area contributed by atoms with Crippen molar-refractivity contribution in [1.82, 2.24) is 16.0 Å². The van der Waals surface area contributed by atoms with Crippen LogP contribution in [0.15, 0.2) is 0 Å². The zero-order chi connectivity index (χ0) is 20.8. The van der Waals surface area contributed by atoms with Crippen molar-refractivity contribution in [3.8, 4) is 0 Å². The maximum Gasteiger partial charge on any atom is 0.407 e. The Labute approximate surface area is 163 Å². The van der Waals surface area contributed by atoms with Crippen LogP contribution in [-0.2, 0) is 14.3 Å². The fraction of sp³-hybridized carbons (Fsp3) is 0.850. The first-order chi connectivity index (χ1) is 12.3. The van der Waals surface area contributed by atoms with Gasteiger partial charge in [-0.1, -0.05) is 0 Å². The minimum atomic E-state index is -0.516. The number of hydrogen-bond donors (Lipinski definition) is 3. The highest BCUT2D eigenvalue weighted by molar-refractivity contribution is 5.80. The van der Waals surface area contributed by atoms with Crippen molar-refractivity contribution >= 4 is 17.9 Å². The third kappa shape index (κ3) is 8.63. The van der Waals surface area contributed by atoms with Crippen molar-refractivity contribution in [1.29, 1.82) is 0 Å². The largest absolute Gasteiger partial charge is 0.453 e. The van der Waals surface area contributed by atoms with Crippen LogP contribution in [0.1, 0.15) is 73.6 Å². The lowest BCUT2D eigenvalue weighted by atomic mass is 9.70. The number of hydrogen-bond acceptors (Lipinski definition) is 4. The van der Waals surface area contributed by atoms with Gasteiger partial charge in [-0.05, 0) is 73.1 Å². The van der Waals surface area contributed by atoms with Gasteiger partial charge >= 0.3 is 6.09 Å². The standard InChI is InChI=1S/C20H37N3O4/c1-13(12-14-8-9-15(14)17(25)22-19(2,3)4)21-16(24)10-11-20(5,6)23-18(26)27-7/h13-15H,8-12H2,1-7H3,(H,21,24)(H,22,25)(H,23,26). The topological polar surface area (TPSA) is 96.5 Å². The van der Waals surface area contributed by atoms with Gasteiger partial charge in [-0.3, -0.25) is 9.59 Å². The lowest BCUT2D eigenvalue weighted by Gasteiger charge is -2.38. The van der Waals surface area contributed by atoms with Crippen molar-refractivity contribution in [2.45, 2.75) is 90.8 Å². The van der Waals surface area contributed by atoms with Gasteiger partial charge in [0, 0.05) is 29.5 Å². The summed E-state index contributed by atoms with van der Waals surface area (Å²) in [7, 11) is 1.31. The molecule has 0 bridgehead atoms. The molecule has 0 heterocycles. The summed E-state index contributed by atoms with van der Waals surface area (Å²) >= 11 is 0. The quantitative estimate of drug-likeness (QED) is 0.600. The summed E-state index contributed by atoms with van der Waals surface area (Å²) < 4.78 is 4.60. The monoisotopic (exact) mass is 383 g/mol. The van der Waals surface area contributed by atoms with Gasteiger partial charge in [-0.15, -0.1) is 0 Å². The molecule has 1 saturated carbocycles. The Kier molecular flexibility index (Phi) is 8.11. The molecule has 1 fully saturated rings. The van der Waals surface area contributed by atoms with E-state index in [1.807, 2.05) is 41.5 Å². The molecule has 3 atom stereocenters. The summed E-state index contributed by atoms with van der Waals surface area (Å²) in [5.41, 5.74) is -0.736. The number of carbonyl (C=O) groups excluding carboxylic acids is 3. The van der Waals surface area contributed by atoms with Crippen LogP contribution >= 0.6 is 0 Å². The van der Waals surface area contributed by atoms with E-state index in [9.17, 15) is 14.4 Å². The molecule has 0 aliphatic heterocycles. The predicted octanol–water partition coefficient (Wildman–Crippen LogP) is 2.74. The molecule has 0 aromatic heterocycles. The van der Waals surface area contributed by atoms with Gasteiger partial charge < -0.3 is 20.7 Å². The van der Waals surface area contributed by atoms with Crippen LogP contribution in [0, 0.1) is 11.8 Å². The van der Waals surface area contributed by atoms with Gasteiger partial charge in [-0.2, -0.15) is 0 Å². The highest BCUT2D eigenvalue weighted by Gasteiger charge is 2.38. The fourth-order valence-electron chi connectivity index (χ4n) is 3.33. The van der Waals surface area contributed by atoms with Crippen molar-refractivity contribution in [2.75, 3.05) is 7.11 Å². The second kappa shape index (κ2) is 9.42. The van der Waals surface area contributed by atoms with Crippen LogP contribution in [0.5, 0.6) is 0 Å². The average molecular weight is 384 g/mol. The molecule has 7 nitrogen and oxygen atoms in total. The number of amides is 3. The Morgan fingerprint density at radius 3 is 2.19 bits per heavy atom. The van der Waals surface area contributed by atoms with Gasteiger partial charge in [-0.25, -0.2) is 4.79 Å². The lowest BCUT2D eigenvalue weighted by molar-refractivity contribution is -0.132. The molecule has 1 rings (SSSR count). The summed E-state index contributed by atoms with van der Waals surface area (Å²) in [4.78, 5) is 35.9. The van der Waals surface area contributed by atoms with Crippen LogP contribution in [0.4, 0.5) is 4.79 Å². The molecule has 27 heavy (non-hydrogen) atoms. The van der Waals surface area contributed by atoms with E-state index in [4.69, 9.17) is 0 Å². The molecule has 156 valence electrons. The number of alkyl carbamates (subject to hydrolysis) is 1. The minimum Gasteiger partial charge on any atom is -0.453 e. The molecule has 0 radical (unpaired) electrons. The number of carbonyl (C=O) groups is 3. The maximum atomic E-state index is 12.3. The molecule has 1 aliphatic carbocycles. The zero-order valence-corrected chi connectivity index (χ0v) is 17.9. The van der Waals surface area contributed by atoms with Crippen LogP contribution in [-0.4, -0.2) is 42.1 Å². The van der Waals surface area contributed by atoms with E-state index in [1.54, 1.807) is 0 Å². The van der Waals surface area contributed by atoms with Gasteiger partial charge in [0.05, 0.1) is 7.11 Å². The maximum absolute atomic E-state index is 12.3. The van der Waals surface area contributed by atoms with E-state index in [0.717, 1.165) is 19.3 Å². The predicted molar refractivity (Wildman–Crippen MR) is 105 cm³/mol. The van der Waals surface area contributed by atoms with Crippen LogP contribution < -0.4 is 16.0 Å². The summed E-state index contributed by atoms with van der Waals surface area (Å²) in [6.45, 7) is 11.6. The molecule has 0 saturated heterocycles. The summed E-state index contributed by atoms with van der Waals surface area (Å²) in [6.07, 6.45) is 3.08. The third-order valence-corrected chi connectivity index (χ3v) is 4.92. The molecule has 3 unspecified atom stereocenters. The highest BCUT2D eigenvalue weighted by Crippen LogP contribution is 2.38. The molecule has 0 spiro atoms. The molecule has 3 N–H and O–H groups in total. The zero-order valence-electron chi connectivity index (χ0n) is 17.9. The molecule has 0 aromatic rings. The Balaban J connectivity index is 2.37. The first-order valence-corrected chi connectivity index (χ1v) is 9.80. The summed E-state index contributed by atoms with van der Waals surface area (Å²) in [5, 5.41) is 8.78. The summed E-state index contributed by atoms with van der Waals surface area (Å²) in [6, 6.07) is 0.0180. The van der Waals surface area contributed by atoms with Crippen LogP contribution in [0.2, 0.25) is 0 Å². The fourth-order valence-corrected chi connectivity index (χ4v) is 3.33. The molecule has 3 amide bonds. The highest BCUT2D eigenvalue weighted by atomic mass is 16.5. The smallest absolute Gasteiger partial charge is 0.407 e. The van der Waals surface area contributed by atoms with E-state index < -0.39 is 11.6 Å². The second-order valence-electron chi connectivity index (χ2n) is 9.39. The SMILES string of the molecule is COC(=O)NC(C)(C)CCC(=O)NC(C)CC1CCC1C(=O)NC(C)(C)C. The van der Waals surface area contributed by atoms with Gasteiger partial charge in [0.15, 0.2) is 0 Å². The third-order valence-electron chi connectivity index (χ3n) is 4.92. The Bertz CT molecular complexity index is 540. The van der Waals surface area contributed by atoms with Crippen LogP contribution in [0.3, 0.4) is 0 Å². The number of nitrogens with one attached hydrogen (secondary N) is 3. The first-order valence-electron chi connectivity index (χ1n) is 9.80. The van der Waals surface area contributed by atoms with Crippen LogP contribution in [0.25, 0.3) is 0 Å². The van der Waals surface area contributed by atoms with E-state index in [0.29, 0.717) is 18.8 Å². The molecular weight excluding hydrogens is 346 g/mol. The second-order valence-corrected chi connectivity index (χ2v) is 9.39. The number of ether oxygens (including phenoxy) is 1. The van der Waals surface area contributed by atoms with E-state index >= 15 is 0 Å². The van der Waals surface area contributed by atoms with Crippen molar-refractivity contribution < 1.29 is 19.1 Å². The first kappa shape index (κ1) is 23.2. The van der Waals surface area contributed by atoms with E-state index in [1.165, 1.54) is 7.11 Å². The van der Waals surface area contributed by atoms with Crippen molar-refractivity contribution in [3.05, 3.63) is 0 Å². The molecule has 0 aromatic carbocycles. The molecule has 1 aliphatic rings. The summed E-state index contributed by atoms with van der Waals surface area (Å²) in [5.74, 6) is 0.442. The van der Waals surface area contributed by atoms with Gasteiger partial charge in [0.1, 0.15) is 0 Å². The van der Waals surface area contributed by atoms with Gasteiger partial charge in [0.25, 0.3) is 0 Å². The Hall–Kier alpha value is -1.79. The van der Waals surface area contributed by atoms with Crippen molar-refractivity contribution in [3.63, 3.8) is 0 Å². The van der Waals surface area contributed by atoms with Gasteiger partial charge in [0.2, 0.25) is 11.8 Å². The molecule has 7 heteroatoms. The minimum absolute atomic E-state index is 0.0180. The Morgan fingerprint density at radius 2 is 1.70 bits per heavy atom. The number of methoxy groups -OCH3 is 1. The average Bonchev–Trinajstić information content (AvgIpc) is 2.47. The molecular formula is C20H37N3O4. The normalized spacial score (nSPS) is 20.9. The van der Waals surface area contributed by atoms with E-state index in [-0.39, 0.29) is 29.3 Å². The Morgan fingerprint density at radius 1 is 1.07 bits per heavy atom. The van der Waals surface area contributed by atoms with E-state index in [2.05, 4.69) is 20.7 Å². The lowest BCUT2D eigenvalue weighted by Crippen LogP contribution is -2.49.